The summed E-state index contributed by atoms with van der Waals surface area (Å²) in [7, 11) is -3.44. The lowest BCUT2D eigenvalue weighted by molar-refractivity contribution is -0.126. The van der Waals surface area contributed by atoms with Crippen molar-refractivity contribution >= 4 is 15.9 Å². The minimum absolute atomic E-state index is 0.118. The number of nitrogens with one attached hydrogen (secondary N) is 1. The average molecular weight is 367 g/mol. The van der Waals surface area contributed by atoms with Gasteiger partial charge in [0.1, 0.15) is 0 Å². The smallest absolute Gasteiger partial charge is 0.243 e. The Labute approximate surface area is 151 Å². The van der Waals surface area contributed by atoms with Crippen molar-refractivity contribution in [2.45, 2.75) is 63.8 Å². The Morgan fingerprint density at radius 3 is 2.20 bits per heavy atom. The van der Waals surface area contributed by atoms with Crippen LogP contribution < -0.4 is 5.32 Å². The third-order valence-corrected chi connectivity index (χ3v) is 7.12. The van der Waals surface area contributed by atoms with Crippen molar-refractivity contribution in [2.75, 3.05) is 13.1 Å². The molecular weight excluding hydrogens is 336 g/mol. The Morgan fingerprint density at radius 1 is 1.12 bits per heavy atom. The van der Waals surface area contributed by atoms with Gasteiger partial charge in [0.15, 0.2) is 0 Å². The van der Waals surface area contributed by atoms with Crippen LogP contribution in [0, 0.1) is 5.92 Å². The largest absolute Gasteiger partial charge is 0.349 e. The minimum Gasteiger partial charge on any atom is -0.349 e. The molecular formula is C19H30N2O3S. The van der Waals surface area contributed by atoms with Crippen molar-refractivity contribution in [3.8, 4) is 0 Å². The second-order valence-corrected chi connectivity index (χ2v) is 8.66. The van der Waals surface area contributed by atoms with Gasteiger partial charge in [0.05, 0.1) is 10.9 Å². The number of nitrogens with zero attached hydrogens (tertiary/aromatic N) is 1. The first kappa shape index (κ1) is 19.9. The molecule has 1 N–H and O–H groups in total. The van der Waals surface area contributed by atoms with E-state index in [0.717, 1.165) is 31.2 Å². The van der Waals surface area contributed by atoms with Crippen LogP contribution in [0.2, 0.25) is 0 Å². The molecule has 1 amide bonds. The van der Waals surface area contributed by atoms with Gasteiger partial charge in [-0.3, -0.25) is 4.79 Å². The van der Waals surface area contributed by atoms with E-state index < -0.39 is 10.0 Å². The molecule has 0 bridgehead atoms. The zero-order valence-corrected chi connectivity index (χ0v) is 16.3. The first-order valence-electron chi connectivity index (χ1n) is 9.30. The molecule has 25 heavy (non-hydrogen) atoms. The van der Waals surface area contributed by atoms with Crippen LogP contribution in [0.5, 0.6) is 0 Å². The van der Waals surface area contributed by atoms with Crippen LogP contribution in [0.4, 0.5) is 0 Å². The van der Waals surface area contributed by atoms with E-state index in [1.165, 1.54) is 10.7 Å². The molecule has 1 atom stereocenters. The van der Waals surface area contributed by atoms with E-state index in [0.29, 0.717) is 18.0 Å². The molecule has 0 spiro atoms. The zero-order valence-electron chi connectivity index (χ0n) is 15.5. The number of sulfonamides is 1. The van der Waals surface area contributed by atoms with Gasteiger partial charge in [-0.25, -0.2) is 8.42 Å². The van der Waals surface area contributed by atoms with Gasteiger partial charge in [-0.05, 0) is 37.5 Å². The highest BCUT2D eigenvalue weighted by Gasteiger charge is 2.24. The third kappa shape index (κ3) is 4.82. The molecule has 0 unspecified atom stereocenters. The zero-order chi connectivity index (χ0) is 18.4. The second-order valence-electron chi connectivity index (χ2n) is 6.72. The van der Waals surface area contributed by atoms with E-state index >= 15 is 0 Å². The maximum absolute atomic E-state index is 12.5. The maximum Gasteiger partial charge on any atom is 0.243 e. The molecule has 0 radical (unpaired) electrons. The van der Waals surface area contributed by atoms with E-state index in [-0.39, 0.29) is 17.9 Å². The van der Waals surface area contributed by atoms with Gasteiger partial charge >= 0.3 is 0 Å². The molecule has 1 saturated carbocycles. The number of amides is 1. The van der Waals surface area contributed by atoms with Crippen LogP contribution in [0.3, 0.4) is 0 Å². The van der Waals surface area contributed by atoms with Gasteiger partial charge in [-0.2, -0.15) is 4.31 Å². The summed E-state index contributed by atoms with van der Waals surface area (Å²) in [4.78, 5) is 12.7. The summed E-state index contributed by atoms with van der Waals surface area (Å²) in [5, 5.41) is 3.07. The number of hydrogen-bond donors (Lipinski definition) is 1. The minimum atomic E-state index is -3.44. The molecule has 5 nitrogen and oxygen atoms in total. The summed E-state index contributed by atoms with van der Waals surface area (Å²) < 4.78 is 26.5. The van der Waals surface area contributed by atoms with Crippen molar-refractivity contribution < 1.29 is 13.2 Å². The molecule has 0 aromatic heterocycles. The third-order valence-electron chi connectivity index (χ3n) is 5.06. The topological polar surface area (TPSA) is 66.5 Å². The lowest BCUT2D eigenvalue weighted by Gasteiger charge is -2.23. The van der Waals surface area contributed by atoms with Gasteiger partial charge in [0.25, 0.3) is 0 Å². The predicted molar refractivity (Wildman–Crippen MR) is 99.7 cm³/mol. The highest BCUT2D eigenvalue weighted by molar-refractivity contribution is 7.89. The van der Waals surface area contributed by atoms with Crippen molar-refractivity contribution in [1.82, 2.24) is 9.62 Å². The second kappa shape index (κ2) is 8.81. The number of carbonyl (C=O) groups excluding carboxylic acids is 1. The molecule has 1 aliphatic carbocycles. The quantitative estimate of drug-likeness (QED) is 0.803. The molecule has 140 valence electrons. The summed E-state index contributed by atoms with van der Waals surface area (Å²) in [6, 6.07) is 6.72. The molecule has 1 aliphatic rings. The molecule has 0 heterocycles. The number of hydrogen-bond acceptors (Lipinski definition) is 3. The first-order valence-corrected chi connectivity index (χ1v) is 10.7. The number of rotatable bonds is 7. The van der Waals surface area contributed by atoms with E-state index in [1.807, 2.05) is 20.8 Å². The van der Waals surface area contributed by atoms with E-state index in [9.17, 15) is 13.2 Å². The maximum atomic E-state index is 12.5. The van der Waals surface area contributed by atoms with E-state index in [1.54, 1.807) is 24.3 Å². The highest BCUT2D eigenvalue weighted by Crippen LogP contribution is 2.25. The van der Waals surface area contributed by atoms with Crippen molar-refractivity contribution in [1.29, 1.82) is 0 Å². The molecule has 1 fully saturated rings. The van der Waals surface area contributed by atoms with Gasteiger partial charge in [-0.15, -0.1) is 0 Å². The van der Waals surface area contributed by atoms with Gasteiger partial charge in [0.2, 0.25) is 15.9 Å². The molecule has 0 aliphatic heterocycles. The van der Waals surface area contributed by atoms with Crippen LogP contribution in [-0.2, 0) is 14.8 Å². The first-order chi connectivity index (χ1) is 11.9. The summed E-state index contributed by atoms with van der Waals surface area (Å²) in [6.45, 7) is 6.51. The van der Waals surface area contributed by atoms with Gasteiger partial charge < -0.3 is 5.32 Å². The normalized spacial score (nSPS) is 17.4. The molecule has 0 saturated heterocycles. The highest BCUT2D eigenvalue weighted by atomic mass is 32.2. The summed E-state index contributed by atoms with van der Waals surface area (Å²) in [5.41, 5.74) is 0.919. The lowest BCUT2D eigenvalue weighted by Crippen LogP contribution is -2.34. The fraction of sp³-hybridized carbons (Fsp3) is 0.632. The summed E-state index contributed by atoms with van der Waals surface area (Å²) in [5.74, 6) is 0.241. The number of carbonyl (C=O) groups is 1. The average Bonchev–Trinajstić information content (AvgIpc) is 2.63. The molecule has 6 heteroatoms. The van der Waals surface area contributed by atoms with Crippen molar-refractivity contribution in [3.05, 3.63) is 29.8 Å². The summed E-state index contributed by atoms with van der Waals surface area (Å²) in [6.07, 6.45) is 5.43. The fourth-order valence-corrected chi connectivity index (χ4v) is 4.88. The van der Waals surface area contributed by atoms with E-state index in [2.05, 4.69) is 5.32 Å². The molecule has 2 rings (SSSR count). The standard InChI is InChI=1S/C19H30N2O3S/c1-4-21(5-2)25(23,24)18-13-11-16(12-14-18)15(3)20-19(22)17-9-7-6-8-10-17/h11-15,17H,4-10H2,1-3H3,(H,20,22)/t15-/m1/s1. The SMILES string of the molecule is CCN(CC)S(=O)(=O)c1ccc([C@@H](C)NC(=O)C2CCCCC2)cc1. The Bertz CT molecular complexity index is 660. The van der Waals surface area contributed by atoms with E-state index in [4.69, 9.17) is 0 Å². The van der Waals surface area contributed by atoms with Crippen LogP contribution in [0.15, 0.2) is 29.2 Å². The molecule has 1 aromatic rings. The van der Waals surface area contributed by atoms with Crippen molar-refractivity contribution in [3.63, 3.8) is 0 Å². The Hall–Kier alpha value is -1.40. The summed E-state index contributed by atoms with van der Waals surface area (Å²) >= 11 is 0. The predicted octanol–water partition coefficient (Wildman–Crippen LogP) is 3.47. The van der Waals surface area contributed by atoms with Crippen molar-refractivity contribution in [2.24, 2.45) is 5.92 Å². The molecule has 1 aromatic carbocycles. The van der Waals surface area contributed by atoms with Gasteiger partial charge in [-0.1, -0.05) is 45.2 Å². The Morgan fingerprint density at radius 2 is 1.68 bits per heavy atom. The van der Waals surface area contributed by atoms with Crippen LogP contribution in [-0.4, -0.2) is 31.7 Å². The number of benzene rings is 1. The Kier molecular flexibility index (Phi) is 7.02. The van der Waals surface area contributed by atoms with Crippen LogP contribution >= 0.6 is 0 Å². The van der Waals surface area contributed by atoms with Gasteiger partial charge in [0, 0.05) is 19.0 Å². The lowest BCUT2D eigenvalue weighted by atomic mass is 9.88. The van der Waals surface area contributed by atoms with Crippen LogP contribution in [0.25, 0.3) is 0 Å². The monoisotopic (exact) mass is 366 g/mol. The van der Waals surface area contributed by atoms with Crippen LogP contribution in [0.1, 0.15) is 64.5 Å². The Balaban J connectivity index is 2.04. The fourth-order valence-electron chi connectivity index (χ4n) is 3.42.